The molecule has 6 heteroatoms. The number of amides is 2. The fourth-order valence-electron chi connectivity index (χ4n) is 2.46. The van der Waals surface area contributed by atoms with Crippen LogP contribution in [-0.4, -0.2) is 30.9 Å². The summed E-state index contributed by atoms with van der Waals surface area (Å²) in [6.07, 6.45) is 3.74. The SMILES string of the molecule is O=C(CC1CCCN1)NCCCC(=O)Nc1ccc(Cl)cc1. The van der Waals surface area contributed by atoms with Gasteiger partial charge in [0.25, 0.3) is 0 Å². The molecule has 0 saturated carbocycles. The molecule has 0 spiro atoms. The molecule has 1 aromatic rings. The Bertz CT molecular complexity index is 499. The van der Waals surface area contributed by atoms with Gasteiger partial charge in [0.15, 0.2) is 0 Å². The monoisotopic (exact) mass is 323 g/mol. The Morgan fingerprint density at radius 2 is 2.00 bits per heavy atom. The van der Waals surface area contributed by atoms with E-state index >= 15 is 0 Å². The minimum absolute atomic E-state index is 0.0532. The van der Waals surface area contributed by atoms with Crippen LogP contribution in [0.4, 0.5) is 5.69 Å². The third-order valence-corrected chi connectivity index (χ3v) is 3.88. The molecule has 22 heavy (non-hydrogen) atoms. The van der Waals surface area contributed by atoms with Gasteiger partial charge in [-0.3, -0.25) is 9.59 Å². The zero-order valence-corrected chi connectivity index (χ0v) is 13.3. The molecule has 1 aliphatic heterocycles. The summed E-state index contributed by atoms with van der Waals surface area (Å²) in [4.78, 5) is 23.5. The lowest BCUT2D eigenvalue weighted by Crippen LogP contribution is -2.32. The van der Waals surface area contributed by atoms with E-state index in [2.05, 4.69) is 16.0 Å². The number of rotatable bonds is 7. The van der Waals surface area contributed by atoms with Crippen molar-refractivity contribution in [2.75, 3.05) is 18.4 Å². The number of hydrogen-bond acceptors (Lipinski definition) is 3. The Morgan fingerprint density at radius 1 is 1.23 bits per heavy atom. The van der Waals surface area contributed by atoms with Gasteiger partial charge in [-0.25, -0.2) is 0 Å². The van der Waals surface area contributed by atoms with Gasteiger partial charge in [0.2, 0.25) is 11.8 Å². The summed E-state index contributed by atoms with van der Waals surface area (Å²) in [6, 6.07) is 7.30. The topological polar surface area (TPSA) is 70.2 Å². The average molecular weight is 324 g/mol. The van der Waals surface area contributed by atoms with Crippen LogP contribution in [0.2, 0.25) is 5.02 Å². The lowest BCUT2D eigenvalue weighted by Gasteiger charge is -2.10. The van der Waals surface area contributed by atoms with Crippen molar-refractivity contribution in [1.82, 2.24) is 10.6 Å². The zero-order chi connectivity index (χ0) is 15.8. The second-order valence-corrected chi connectivity index (χ2v) is 5.94. The van der Waals surface area contributed by atoms with Gasteiger partial charge in [-0.1, -0.05) is 11.6 Å². The Balaban J connectivity index is 1.56. The first-order valence-electron chi connectivity index (χ1n) is 7.69. The van der Waals surface area contributed by atoms with Crippen molar-refractivity contribution < 1.29 is 9.59 Å². The maximum atomic E-state index is 11.8. The third kappa shape index (κ3) is 6.03. The highest BCUT2D eigenvalue weighted by atomic mass is 35.5. The molecule has 0 radical (unpaired) electrons. The van der Waals surface area contributed by atoms with Crippen LogP contribution >= 0.6 is 11.6 Å². The van der Waals surface area contributed by atoms with Gasteiger partial charge in [-0.2, -0.15) is 0 Å². The minimum atomic E-state index is -0.0611. The summed E-state index contributed by atoms with van der Waals surface area (Å²) in [5.41, 5.74) is 0.728. The first kappa shape index (κ1) is 16.8. The lowest BCUT2D eigenvalue weighted by atomic mass is 10.1. The fourth-order valence-corrected chi connectivity index (χ4v) is 2.59. The maximum absolute atomic E-state index is 11.8. The maximum Gasteiger partial charge on any atom is 0.224 e. The molecule has 2 amide bonds. The number of carbonyl (C=O) groups excluding carboxylic acids is 2. The molecule has 1 fully saturated rings. The predicted molar refractivity (Wildman–Crippen MR) is 88.0 cm³/mol. The van der Waals surface area contributed by atoms with Crippen LogP contribution < -0.4 is 16.0 Å². The van der Waals surface area contributed by atoms with E-state index in [0.29, 0.717) is 36.9 Å². The third-order valence-electron chi connectivity index (χ3n) is 3.62. The van der Waals surface area contributed by atoms with Crippen molar-refractivity contribution in [1.29, 1.82) is 0 Å². The Kier molecular flexibility index (Phi) is 6.68. The molecule has 0 aromatic heterocycles. The van der Waals surface area contributed by atoms with E-state index in [4.69, 9.17) is 11.6 Å². The van der Waals surface area contributed by atoms with Crippen molar-refractivity contribution in [3.8, 4) is 0 Å². The molecule has 5 nitrogen and oxygen atoms in total. The van der Waals surface area contributed by atoms with Gasteiger partial charge in [0.1, 0.15) is 0 Å². The smallest absolute Gasteiger partial charge is 0.224 e. The molecule has 3 N–H and O–H groups in total. The summed E-state index contributed by atoms with van der Waals surface area (Å²) in [7, 11) is 0. The summed E-state index contributed by atoms with van der Waals surface area (Å²) in [6.45, 7) is 1.53. The van der Waals surface area contributed by atoms with Crippen molar-refractivity contribution in [2.24, 2.45) is 0 Å². The molecule has 1 heterocycles. The summed E-state index contributed by atoms with van der Waals surface area (Å²) in [5.74, 6) is -0.00783. The molecule has 0 bridgehead atoms. The van der Waals surface area contributed by atoms with Crippen LogP contribution in [-0.2, 0) is 9.59 Å². The normalized spacial score (nSPS) is 17.2. The largest absolute Gasteiger partial charge is 0.356 e. The van der Waals surface area contributed by atoms with Gasteiger partial charge >= 0.3 is 0 Å². The molecule has 1 atom stereocenters. The molecular formula is C16H22ClN3O2. The Morgan fingerprint density at radius 3 is 2.68 bits per heavy atom. The highest BCUT2D eigenvalue weighted by Gasteiger charge is 2.17. The minimum Gasteiger partial charge on any atom is -0.356 e. The van der Waals surface area contributed by atoms with Crippen LogP contribution in [0, 0.1) is 0 Å². The Hall–Kier alpha value is -1.59. The van der Waals surface area contributed by atoms with Crippen LogP contribution in [0.1, 0.15) is 32.1 Å². The predicted octanol–water partition coefficient (Wildman–Crippen LogP) is 2.32. The van der Waals surface area contributed by atoms with Gasteiger partial charge in [-0.05, 0) is 50.1 Å². The summed E-state index contributed by atoms with van der Waals surface area (Å²) >= 11 is 5.78. The molecule has 120 valence electrons. The number of benzene rings is 1. The number of carbonyl (C=O) groups is 2. The fraction of sp³-hybridized carbons (Fsp3) is 0.500. The van der Waals surface area contributed by atoms with E-state index < -0.39 is 0 Å². The number of anilines is 1. The van der Waals surface area contributed by atoms with Gasteiger partial charge < -0.3 is 16.0 Å². The highest BCUT2D eigenvalue weighted by Crippen LogP contribution is 2.13. The van der Waals surface area contributed by atoms with E-state index in [1.807, 2.05) is 0 Å². The summed E-state index contributed by atoms with van der Waals surface area (Å²) < 4.78 is 0. The summed E-state index contributed by atoms with van der Waals surface area (Å²) in [5, 5.41) is 9.59. The number of halogens is 1. The molecule has 1 unspecified atom stereocenters. The van der Waals surface area contributed by atoms with Gasteiger partial charge in [0.05, 0.1) is 0 Å². The molecule has 2 rings (SSSR count). The van der Waals surface area contributed by atoms with Gasteiger partial charge in [-0.15, -0.1) is 0 Å². The Labute approximate surface area is 135 Å². The van der Waals surface area contributed by atoms with Crippen LogP contribution in [0.15, 0.2) is 24.3 Å². The van der Waals surface area contributed by atoms with E-state index in [0.717, 1.165) is 25.1 Å². The van der Waals surface area contributed by atoms with E-state index in [1.54, 1.807) is 24.3 Å². The first-order chi connectivity index (χ1) is 10.6. The van der Waals surface area contributed by atoms with Crippen LogP contribution in [0.25, 0.3) is 0 Å². The van der Waals surface area contributed by atoms with E-state index in [1.165, 1.54) is 0 Å². The molecule has 1 saturated heterocycles. The van der Waals surface area contributed by atoms with E-state index in [9.17, 15) is 9.59 Å². The van der Waals surface area contributed by atoms with Crippen LogP contribution in [0.3, 0.4) is 0 Å². The quantitative estimate of drug-likeness (QED) is 0.674. The zero-order valence-electron chi connectivity index (χ0n) is 12.5. The van der Waals surface area contributed by atoms with Crippen molar-refractivity contribution >= 4 is 29.1 Å². The van der Waals surface area contributed by atoms with E-state index in [-0.39, 0.29) is 11.8 Å². The van der Waals surface area contributed by atoms with Gasteiger partial charge in [0, 0.05) is 36.1 Å². The highest BCUT2D eigenvalue weighted by molar-refractivity contribution is 6.30. The standard InChI is InChI=1S/C16H22ClN3O2/c17-12-5-7-13(8-6-12)20-15(21)4-2-10-19-16(22)11-14-3-1-9-18-14/h5-8,14,18H,1-4,9-11H2,(H,19,22)(H,20,21). The van der Waals surface area contributed by atoms with Crippen molar-refractivity contribution in [3.05, 3.63) is 29.3 Å². The number of nitrogens with one attached hydrogen (secondary N) is 3. The van der Waals surface area contributed by atoms with Crippen LogP contribution in [0.5, 0.6) is 0 Å². The molecule has 1 aliphatic rings. The molecule has 1 aromatic carbocycles. The molecule has 0 aliphatic carbocycles. The second-order valence-electron chi connectivity index (χ2n) is 5.51. The van der Waals surface area contributed by atoms with Crippen molar-refractivity contribution in [3.63, 3.8) is 0 Å². The first-order valence-corrected chi connectivity index (χ1v) is 8.07. The number of hydrogen-bond donors (Lipinski definition) is 3. The molecular weight excluding hydrogens is 302 g/mol. The average Bonchev–Trinajstić information content (AvgIpc) is 2.99. The van der Waals surface area contributed by atoms with Crippen molar-refractivity contribution in [2.45, 2.75) is 38.1 Å². The second kappa shape index (κ2) is 8.76. The lowest BCUT2D eigenvalue weighted by molar-refractivity contribution is -0.122.